The van der Waals surface area contributed by atoms with Crippen molar-refractivity contribution in [3.05, 3.63) is 29.8 Å². The lowest BCUT2D eigenvalue weighted by molar-refractivity contribution is -0.139. The highest BCUT2D eigenvalue weighted by atomic mass is 16.5. The molecule has 0 aromatic heterocycles. The van der Waals surface area contributed by atoms with Crippen molar-refractivity contribution >= 4 is 23.6 Å². The van der Waals surface area contributed by atoms with Gasteiger partial charge in [0.15, 0.2) is 0 Å². The molecule has 0 saturated carbocycles. The van der Waals surface area contributed by atoms with Crippen molar-refractivity contribution in [2.75, 3.05) is 25.1 Å². The summed E-state index contributed by atoms with van der Waals surface area (Å²) in [6, 6.07) is 5.72. The number of amides is 3. The molecule has 3 N–H and O–H groups in total. The number of ether oxygens (including phenoxy) is 1. The number of morpholine rings is 1. The van der Waals surface area contributed by atoms with Gasteiger partial charge in [-0.2, -0.15) is 0 Å². The molecular formula is C17H23N3O5. The predicted octanol–water partition coefficient (Wildman–Crippen LogP) is 1.53. The third kappa shape index (κ3) is 5.46. The maximum Gasteiger partial charge on any atom is 0.319 e. The van der Waals surface area contributed by atoms with Crippen LogP contribution in [-0.4, -0.2) is 59.8 Å². The second-order valence-corrected chi connectivity index (χ2v) is 6.16. The van der Waals surface area contributed by atoms with Gasteiger partial charge in [0.1, 0.15) is 0 Å². The Morgan fingerprint density at radius 1 is 1.36 bits per heavy atom. The van der Waals surface area contributed by atoms with E-state index in [-0.39, 0.29) is 31.0 Å². The van der Waals surface area contributed by atoms with Gasteiger partial charge in [-0.1, -0.05) is 6.07 Å². The van der Waals surface area contributed by atoms with Gasteiger partial charge >= 0.3 is 12.0 Å². The number of carbonyl (C=O) groups excluding carboxylic acids is 2. The molecule has 0 aliphatic carbocycles. The molecule has 1 aliphatic heterocycles. The Bertz CT molecular complexity index is 647. The summed E-state index contributed by atoms with van der Waals surface area (Å²) in [4.78, 5) is 37.0. The Kier molecular flexibility index (Phi) is 6.35. The summed E-state index contributed by atoms with van der Waals surface area (Å²) >= 11 is 0. The molecule has 0 bridgehead atoms. The lowest BCUT2D eigenvalue weighted by Crippen LogP contribution is -2.49. The summed E-state index contributed by atoms with van der Waals surface area (Å²) < 4.78 is 5.29. The third-order valence-corrected chi connectivity index (χ3v) is 3.69. The minimum atomic E-state index is -0.978. The first-order chi connectivity index (χ1) is 11.9. The van der Waals surface area contributed by atoms with Gasteiger partial charge in [-0.05, 0) is 32.0 Å². The molecule has 1 unspecified atom stereocenters. The van der Waals surface area contributed by atoms with E-state index >= 15 is 0 Å². The second-order valence-electron chi connectivity index (χ2n) is 6.16. The smallest absolute Gasteiger partial charge is 0.319 e. The van der Waals surface area contributed by atoms with Crippen LogP contribution in [0.3, 0.4) is 0 Å². The summed E-state index contributed by atoms with van der Waals surface area (Å²) in [5.74, 6) is -1.25. The molecule has 2 rings (SSSR count). The molecule has 136 valence electrons. The van der Waals surface area contributed by atoms with Gasteiger partial charge < -0.3 is 25.4 Å². The van der Waals surface area contributed by atoms with Gasteiger partial charge in [-0.25, -0.2) is 4.79 Å². The number of hydrogen-bond donors (Lipinski definition) is 3. The molecular weight excluding hydrogens is 326 g/mol. The molecule has 1 aromatic rings. The quantitative estimate of drug-likeness (QED) is 0.747. The maximum absolute atomic E-state index is 12.8. The molecule has 1 aliphatic rings. The monoisotopic (exact) mass is 349 g/mol. The molecule has 1 saturated heterocycles. The minimum Gasteiger partial charge on any atom is -0.481 e. The molecule has 8 heteroatoms. The Morgan fingerprint density at radius 3 is 2.80 bits per heavy atom. The third-order valence-electron chi connectivity index (χ3n) is 3.69. The summed E-state index contributed by atoms with van der Waals surface area (Å²) in [6.45, 7) is 4.60. The summed E-state index contributed by atoms with van der Waals surface area (Å²) in [7, 11) is 0. The topological polar surface area (TPSA) is 108 Å². The number of rotatable bonds is 5. The fourth-order valence-corrected chi connectivity index (χ4v) is 2.62. The fourth-order valence-electron chi connectivity index (χ4n) is 2.62. The van der Waals surface area contributed by atoms with E-state index in [0.29, 0.717) is 24.4 Å². The highest BCUT2D eigenvalue weighted by molar-refractivity contribution is 5.97. The van der Waals surface area contributed by atoms with E-state index in [1.54, 1.807) is 24.3 Å². The largest absolute Gasteiger partial charge is 0.481 e. The molecule has 8 nitrogen and oxygen atoms in total. The number of hydrogen-bond acceptors (Lipinski definition) is 4. The van der Waals surface area contributed by atoms with Crippen LogP contribution in [-0.2, 0) is 9.53 Å². The van der Waals surface area contributed by atoms with E-state index in [9.17, 15) is 14.4 Å². The summed E-state index contributed by atoms with van der Waals surface area (Å²) in [5.41, 5.74) is 0.881. The van der Waals surface area contributed by atoms with E-state index < -0.39 is 12.0 Å². The average Bonchev–Trinajstić information content (AvgIpc) is 2.53. The van der Waals surface area contributed by atoms with E-state index in [4.69, 9.17) is 9.84 Å². The fraction of sp³-hybridized carbons (Fsp3) is 0.471. The summed E-state index contributed by atoms with van der Waals surface area (Å²) in [5, 5.41) is 14.4. The molecule has 0 spiro atoms. The van der Waals surface area contributed by atoms with Crippen molar-refractivity contribution in [3.8, 4) is 0 Å². The molecule has 0 radical (unpaired) electrons. The molecule has 1 aromatic carbocycles. The number of anilines is 1. The highest BCUT2D eigenvalue weighted by Crippen LogP contribution is 2.18. The first-order valence-electron chi connectivity index (χ1n) is 8.15. The first-order valence-corrected chi connectivity index (χ1v) is 8.15. The predicted molar refractivity (Wildman–Crippen MR) is 91.6 cm³/mol. The lowest BCUT2D eigenvalue weighted by atomic mass is 10.1. The van der Waals surface area contributed by atoms with Crippen molar-refractivity contribution in [1.29, 1.82) is 0 Å². The molecule has 25 heavy (non-hydrogen) atoms. The number of carboxylic acid groups (broad SMARTS) is 1. The highest BCUT2D eigenvalue weighted by Gasteiger charge is 2.29. The van der Waals surface area contributed by atoms with Crippen LogP contribution in [0.2, 0.25) is 0 Å². The van der Waals surface area contributed by atoms with Crippen molar-refractivity contribution in [3.63, 3.8) is 0 Å². The van der Waals surface area contributed by atoms with Crippen LogP contribution in [0.4, 0.5) is 10.5 Å². The zero-order chi connectivity index (χ0) is 18.4. The number of aliphatic carboxylic acids is 1. The minimum absolute atomic E-state index is 0.00468. The Morgan fingerprint density at radius 2 is 2.12 bits per heavy atom. The van der Waals surface area contributed by atoms with Crippen LogP contribution >= 0.6 is 0 Å². The number of nitrogens with one attached hydrogen (secondary N) is 2. The van der Waals surface area contributed by atoms with Gasteiger partial charge in [0.2, 0.25) is 0 Å². The number of carbonyl (C=O) groups is 3. The van der Waals surface area contributed by atoms with Gasteiger partial charge in [0.05, 0.1) is 25.7 Å². The van der Waals surface area contributed by atoms with Gasteiger partial charge in [0.25, 0.3) is 5.91 Å². The standard InChI is InChI=1S/C17H23N3O5/c1-11(2)18-17(24)19-13-5-3-4-12(8-13)16(23)20-6-7-25-10-14(20)9-15(21)22/h3-5,8,11,14H,6-7,9-10H2,1-2H3,(H,21,22)(H2,18,19,24). The first kappa shape index (κ1) is 18.7. The van der Waals surface area contributed by atoms with Crippen LogP contribution in [0, 0.1) is 0 Å². The van der Waals surface area contributed by atoms with E-state index in [1.165, 1.54) is 4.90 Å². The normalized spacial score (nSPS) is 17.2. The number of urea groups is 1. The Labute approximate surface area is 146 Å². The van der Waals surface area contributed by atoms with Gasteiger partial charge in [0, 0.05) is 23.8 Å². The van der Waals surface area contributed by atoms with Crippen LogP contribution in [0.1, 0.15) is 30.6 Å². The molecule has 1 fully saturated rings. The SMILES string of the molecule is CC(C)NC(=O)Nc1cccc(C(=O)N2CCOCC2CC(=O)O)c1. The Hall–Kier alpha value is -2.61. The Balaban J connectivity index is 2.11. The van der Waals surface area contributed by atoms with Crippen molar-refractivity contribution in [2.45, 2.75) is 32.4 Å². The zero-order valence-electron chi connectivity index (χ0n) is 14.3. The van der Waals surface area contributed by atoms with Gasteiger partial charge in [-0.3, -0.25) is 9.59 Å². The second kappa shape index (κ2) is 8.48. The van der Waals surface area contributed by atoms with Crippen LogP contribution in [0.25, 0.3) is 0 Å². The molecule has 1 heterocycles. The van der Waals surface area contributed by atoms with Crippen molar-refractivity contribution < 1.29 is 24.2 Å². The van der Waals surface area contributed by atoms with Crippen molar-refractivity contribution in [1.82, 2.24) is 10.2 Å². The number of benzene rings is 1. The average molecular weight is 349 g/mol. The molecule has 1 atom stereocenters. The van der Waals surface area contributed by atoms with E-state index in [1.807, 2.05) is 13.8 Å². The van der Waals surface area contributed by atoms with Crippen LogP contribution in [0.5, 0.6) is 0 Å². The lowest BCUT2D eigenvalue weighted by Gasteiger charge is -2.35. The van der Waals surface area contributed by atoms with Crippen LogP contribution in [0.15, 0.2) is 24.3 Å². The number of nitrogens with zero attached hydrogens (tertiary/aromatic N) is 1. The molecule has 3 amide bonds. The van der Waals surface area contributed by atoms with Crippen LogP contribution < -0.4 is 10.6 Å². The van der Waals surface area contributed by atoms with Crippen molar-refractivity contribution in [2.24, 2.45) is 0 Å². The van der Waals surface area contributed by atoms with Gasteiger partial charge in [-0.15, -0.1) is 0 Å². The zero-order valence-corrected chi connectivity index (χ0v) is 14.3. The summed E-state index contributed by atoms with van der Waals surface area (Å²) in [6.07, 6.45) is -0.166. The van der Waals surface area contributed by atoms with E-state index in [2.05, 4.69) is 10.6 Å². The number of carboxylic acids is 1. The maximum atomic E-state index is 12.8. The van der Waals surface area contributed by atoms with E-state index in [0.717, 1.165) is 0 Å².